The zero-order valence-corrected chi connectivity index (χ0v) is 12.2. The van der Waals surface area contributed by atoms with Gasteiger partial charge >= 0.3 is 5.97 Å². The van der Waals surface area contributed by atoms with E-state index in [1.54, 1.807) is 0 Å². The molecule has 0 aromatic heterocycles. The van der Waals surface area contributed by atoms with Crippen LogP contribution in [0.5, 0.6) is 0 Å². The first kappa shape index (κ1) is 12.9. The first-order chi connectivity index (χ1) is 10.3. The van der Waals surface area contributed by atoms with Crippen LogP contribution in [-0.4, -0.2) is 12.6 Å². The van der Waals surface area contributed by atoms with Gasteiger partial charge in [0.05, 0.1) is 12.0 Å². The second-order valence-corrected chi connectivity index (χ2v) is 6.56. The van der Waals surface area contributed by atoms with E-state index in [9.17, 15) is 4.79 Å². The fraction of sp³-hybridized carbons (Fsp3) is 0.421. The molecule has 1 aliphatic carbocycles. The Labute approximate surface area is 125 Å². The average molecular weight is 280 g/mol. The Bertz CT molecular complexity index is 691. The van der Waals surface area contributed by atoms with Crippen molar-refractivity contribution in [2.24, 2.45) is 11.3 Å². The second-order valence-electron chi connectivity index (χ2n) is 6.56. The monoisotopic (exact) mass is 280 g/mol. The van der Waals surface area contributed by atoms with Crippen LogP contribution < -0.4 is 0 Å². The van der Waals surface area contributed by atoms with Crippen molar-refractivity contribution in [3.8, 4) is 0 Å². The molecule has 4 rings (SSSR count). The molecule has 0 bridgehead atoms. The highest BCUT2D eigenvalue weighted by molar-refractivity contribution is 5.84. The highest BCUT2D eigenvalue weighted by Gasteiger charge is 2.52. The van der Waals surface area contributed by atoms with E-state index in [2.05, 4.69) is 42.5 Å². The second kappa shape index (κ2) is 4.87. The summed E-state index contributed by atoms with van der Waals surface area (Å²) < 4.78 is 5.42. The third kappa shape index (κ3) is 2.05. The first-order valence-electron chi connectivity index (χ1n) is 7.93. The smallest absolute Gasteiger partial charge is 0.312 e. The lowest BCUT2D eigenvalue weighted by Crippen LogP contribution is -2.38. The van der Waals surface area contributed by atoms with Crippen molar-refractivity contribution in [2.45, 2.75) is 32.1 Å². The Morgan fingerprint density at radius 2 is 1.95 bits per heavy atom. The van der Waals surface area contributed by atoms with Crippen molar-refractivity contribution < 1.29 is 9.53 Å². The van der Waals surface area contributed by atoms with Crippen LogP contribution in [0.25, 0.3) is 10.8 Å². The standard InChI is InChI=1S/C19H20O2/c20-18-19(10-4-3-7-17(19)13-21-18)12-14-8-9-15-5-1-2-6-16(15)11-14/h1-2,5-6,8-9,11,17H,3-4,7,10,12-13H2. The largest absolute Gasteiger partial charge is 0.465 e. The molecule has 1 heterocycles. The molecule has 2 atom stereocenters. The molecule has 2 heteroatoms. The number of hydrogen-bond donors (Lipinski definition) is 0. The van der Waals surface area contributed by atoms with Crippen LogP contribution in [0.4, 0.5) is 0 Å². The fourth-order valence-corrected chi connectivity index (χ4v) is 4.16. The maximum atomic E-state index is 12.4. The fourth-order valence-electron chi connectivity index (χ4n) is 4.16. The van der Waals surface area contributed by atoms with Crippen molar-refractivity contribution in [1.29, 1.82) is 0 Å². The molecule has 108 valence electrons. The molecule has 2 nitrogen and oxygen atoms in total. The van der Waals surface area contributed by atoms with E-state index in [1.165, 1.54) is 22.8 Å². The van der Waals surface area contributed by atoms with E-state index >= 15 is 0 Å². The molecule has 1 aliphatic heterocycles. The van der Waals surface area contributed by atoms with E-state index < -0.39 is 0 Å². The van der Waals surface area contributed by atoms with Gasteiger partial charge in [-0.05, 0) is 35.6 Å². The summed E-state index contributed by atoms with van der Waals surface area (Å²) in [5.74, 6) is 0.463. The quantitative estimate of drug-likeness (QED) is 0.774. The highest BCUT2D eigenvalue weighted by atomic mass is 16.5. The summed E-state index contributed by atoms with van der Waals surface area (Å²) in [5, 5.41) is 2.51. The third-order valence-corrected chi connectivity index (χ3v) is 5.36. The molecule has 0 N–H and O–H groups in total. The zero-order valence-electron chi connectivity index (χ0n) is 12.2. The lowest BCUT2D eigenvalue weighted by molar-refractivity contribution is -0.147. The normalized spacial score (nSPS) is 28.4. The molecule has 1 saturated heterocycles. The minimum absolute atomic E-state index is 0.0420. The van der Waals surface area contributed by atoms with Crippen LogP contribution in [0, 0.1) is 11.3 Å². The summed E-state index contributed by atoms with van der Waals surface area (Å²) in [4.78, 5) is 12.4. The number of fused-ring (bicyclic) bond motifs is 2. The molecular weight excluding hydrogens is 260 g/mol. The van der Waals surface area contributed by atoms with E-state index in [0.29, 0.717) is 12.5 Å². The van der Waals surface area contributed by atoms with Gasteiger partial charge in [0.15, 0.2) is 0 Å². The first-order valence-corrected chi connectivity index (χ1v) is 7.93. The summed E-state index contributed by atoms with van der Waals surface area (Å²) in [5.41, 5.74) is 1.01. The molecule has 2 aromatic rings. The van der Waals surface area contributed by atoms with Gasteiger partial charge in [0, 0.05) is 5.92 Å². The Kier molecular flexibility index (Phi) is 2.99. The van der Waals surface area contributed by atoms with Gasteiger partial charge in [-0.15, -0.1) is 0 Å². The summed E-state index contributed by atoms with van der Waals surface area (Å²) in [6.45, 7) is 0.631. The summed E-state index contributed by atoms with van der Waals surface area (Å²) >= 11 is 0. The van der Waals surface area contributed by atoms with Gasteiger partial charge in [0.2, 0.25) is 0 Å². The van der Waals surface area contributed by atoms with Gasteiger partial charge < -0.3 is 4.74 Å². The average Bonchev–Trinajstić information content (AvgIpc) is 2.84. The van der Waals surface area contributed by atoms with Crippen LogP contribution in [0.2, 0.25) is 0 Å². The van der Waals surface area contributed by atoms with Crippen LogP contribution in [0.15, 0.2) is 42.5 Å². The van der Waals surface area contributed by atoms with Gasteiger partial charge in [0.25, 0.3) is 0 Å². The molecule has 0 amide bonds. The van der Waals surface area contributed by atoms with E-state index in [4.69, 9.17) is 4.74 Å². The minimum atomic E-state index is -0.249. The molecule has 2 aliphatic rings. The maximum Gasteiger partial charge on any atom is 0.312 e. The Morgan fingerprint density at radius 3 is 2.86 bits per heavy atom. The van der Waals surface area contributed by atoms with Crippen molar-refractivity contribution in [3.63, 3.8) is 0 Å². The summed E-state index contributed by atoms with van der Waals surface area (Å²) in [7, 11) is 0. The Balaban J connectivity index is 1.70. The maximum absolute atomic E-state index is 12.4. The number of rotatable bonds is 2. The van der Waals surface area contributed by atoms with Crippen LogP contribution in [0.1, 0.15) is 31.2 Å². The summed E-state index contributed by atoms with van der Waals surface area (Å²) in [6.07, 6.45) is 5.35. The van der Waals surface area contributed by atoms with Crippen LogP contribution >= 0.6 is 0 Å². The number of hydrogen-bond acceptors (Lipinski definition) is 2. The van der Waals surface area contributed by atoms with Gasteiger partial charge in [-0.2, -0.15) is 0 Å². The molecule has 0 radical (unpaired) electrons. The molecule has 2 aromatic carbocycles. The van der Waals surface area contributed by atoms with Gasteiger partial charge in [-0.3, -0.25) is 4.79 Å². The topological polar surface area (TPSA) is 26.3 Å². The van der Waals surface area contributed by atoms with Crippen molar-refractivity contribution in [3.05, 3.63) is 48.0 Å². The molecule has 21 heavy (non-hydrogen) atoms. The number of benzene rings is 2. The van der Waals surface area contributed by atoms with Gasteiger partial charge in [-0.25, -0.2) is 0 Å². The number of ether oxygens (including phenoxy) is 1. The van der Waals surface area contributed by atoms with E-state index in [-0.39, 0.29) is 11.4 Å². The number of carbonyl (C=O) groups excluding carboxylic acids is 1. The predicted molar refractivity (Wildman–Crippen MR) is 83.0 cm³/mol. The molecular formula is C19H20O2. The van der Waals surface area contributed by atoms with Gasteiger partial charge in [-0.1, -0.05) is 55.3 Å². The molecule has 2 fully saturated rings. The summed E-state index contributed by atoms with van der Waals surface area (Å²) in [6, 6.07) is 15.0. The Hall–Kier alpha value is -1.83. The number of carbonyl (C=O) groups is 1. The Morgan fingerprint density at radius 1 is 1.10 bits per heavy atom. The van der Waals surface area contributed by atoms with Crippen LogP contribution in [-0.2, 0) is 16.0 Å². The molecule has 1 saturated carbocycles. The number of esters is 1. The van der Waals surface area contributed by atoms with Crippen LogP contribution in [0.3, 0.4) is 0 Å². The number of cyclic esters (lactones) is 1. The molecule has 2 unspecified atom stereocenters. The van der Waals surface area contributed by atoms with E-state index in [0.717, 1.165) is 25.7 Å². The third-order valence-electron chi connectivity index (χ3n) is 5.36. The lowest BCUT2D eigenvalue weighted by Gasteiger charge is -2.35. The van der Waals surface area contributed by atoms with Gasteiger partial charge in [0.1, 0.15) is 0 Å². The predicted octanol–water partition coefficient (Wildman–Crippen LogP) is 4.12. The zero-order chi connectivity index (χ0) is 14.3. The van der Waals surface area contributed by atoms with Crippen molar-refractivity contribution >= 4 is 16.7 Å². The minimum Gasteiger partial charge on any atom is -0.465 e. The SMILES string of the molecule is O=C1OCC2CCCCC12Cc1ccc2ccccc2c1. The highest BCUT2D eigenvalue weighted by Crippen LogP contribution is 2.48. The van der Waals surface area contributed by atoms with E-state index in [1.807, 2.05) is 0 Å². The van der Waals surface area contributed by atoms with Crippen molar-refractivity contribution in [1.82, 2.24) is 0 Å². The molecule has 0 spiro atoms. The van der Waals surface area contributed by atoms with Crippen molar-refractivity contribution in [2.75, 3.05) is 6.61 Å². The lowest BCUT2D eigenvalue weighted by atomic mass is 9.65.